The second kappa shape index (κ2) is 6.73. The molecule has 0 radical (unpaired) electrons. The summed E-state index contributed by atoms with van der Waals surface area (Å²) in [5, 5.41) is 0. The fourth-order valence-electron chi connectivity index (χ4n) is 1.85. The highest BCUT2D eigenvalue weighted by atomic mass is 32.5. The summed E-state index contributed by atoms with van der Waals surface area (Å²) in [5.74, 6) is 0. The van der Waals surface area contributed by atoms with Gasteiger partial charge in [0, 0.05) is 40.4 Å². The van der Waals surface area contributed by atoms with Crippen molar-refractivity contribution < 1.29 is 8.54 Å². The fourth-order valence-corrected chi connectivity index (χ4v) is 208. The normalized spacial score (nSPS) is 48.9. The predicted octanol–water partition coefficient (Wildman–Crippen LogP) is -7.16. The summed E-state index contributed by atoms with van der Waals surface area (Å²) in [5.41, 5.74) is 0. The van der Waals surface area contributed by atoms with Gasteiger partial charge in [0.25, 0.3) is 0 Å². The van der Waals surface area contributed by atoms with Crippen molar-refractivity contribution in [1.82, 2.24) is 0 Å². The molecule has 0 spiro atoms. The minimum atomic E-state index is -0.432. The van der Waals surface area contributed by atoms with Crippen LogP contribution in [0.5, 0.6) is 0 Å². The molecule has 2 aliphatic heterocycles. The quantitative estimate of drug-likeness (QED) is 0.463. The van der Waals surface area contributed by atoms with Gasteiger partial charge in [-0.15, -0.1) is 0 Å². The average Bonchev–Trinajstić information content (AvgIpc) is 2.21. The van der Waals surface area contributed by atoms with E-state index in [9.17, 15) is 0 Å². The smallest absolute Gasteiger partial charge is 0.193 e. The largest absolute Gasteiger partial charge is 0.462 e. The molecule has 2 unspecified atom stereocenters. The molecule has 2 saturated heterocycles. The average molecular weight is 347 g/mol. The first-order chi connectivity index (χ1) is 6.45. The Bertz CT molecular complexity index is 129. The molecule has 0 amide bonds. The van der Waals surface area contributed by atoms with Gasteiger partial charge in [0.05, 0.1) is 0 Å². The molecule has 76 valence electrons. The third kappa shape index (κ3) is 4.30. The highest BCUT2D eigenvalue weighted by Crippen LogP contribution is 2.13. The van der Waals surface area contributed by atoms with Crippen LogP contribution in [0.4, 0.5) is 0 Å². The molecule has 13 heavy (non-hydrogen) atoms. The van der Waals surface area contributed by atoms with E-state index < -0.39 is 7.71 Å². The van der Waals surface area contributed by atoms with Gasteiger partial charge in [0.1, 0.15) is 26.0 Å². The highest BCUT2D eigenvalue weighted by Gasteiger charge is 2.25. The zero-order chi connectivity index (χ0) is 8.93. The Hall–Kier alpha value is 2.22. The van der Waals surface area contributed by atoms with Gasteiger partial charge in [0.15, 0.2) is 7.71 Å². The van der Waals surface area contributed by atoms with Crippen molar-refractivity contribution in [3.8, 4) is 0 Å². The maximum Gasteiger partial charge on any atom is 0.193 e. The van der Waals surface area contributed by atoms with E-state index in [2.05, 4.69) is 10.7 Å². The van der Waals surface area contributed by atoms with E-state index >= 15 is 0 Å². The Balaban J connectivity index is 1.69. The van der Waals surface area contributed by atoms with Crippen molar-refractivity contribution >= 4 is 87.2 Å². The molecule has 2 heterocycles. The molecule has 0 bridgehead atoms. The maximum absolute atomic E-state index is 6.21. The van der Waals surface area contributed by atoms with Gasteiger partial charge in [-0.2, -0.15) is 10.7 Å². The van der Waals surface area contributed by atoms with E-state index in [4.69, 9.17) is 8.54 Å². The summed E-state index contributed by atoms with van der Waals surface area (Å²) in [4.78, 5) is 0. The summed E-state index contributed by atoms with van der Waals surface area (Å²) < 4.78 is 12.0. The maximum atomic E-state index is 6.21. The first-order valence-electron chi connectivity index (χ1n) is 5.30. The van der Waals surface area contributed by atoms with Gasteiger partial charge in [-0.1, -0.05) is 0 Å². The van der Waals surface area contributed by atoms with Crippen LogP contribution in [0.25, 0.3) is 0 Å². The van der Waals surface area contributed by atoms with Gasteiger partial charge >= 0.3 is 0 Å². The zero-order valence-corrected chi connectivity index (χ0v) is 21.1. The second-order valence-electron chi connectivity index (χ2n) is 3.77. The molecule has 2 atom stereocenters. The third-order valence-corrected chi connectivity index (χ3v) is 121. The Morgan fingerprint density at radius 2 is 2.08 bits per heavy atom. The molecule has 0 aromatic heterocycles. The van der Waals surface area contributed by atoms with E-state index in [1.54, 1.807) is 0 Å². The minimum absolute atomic E-state index is 0.171. The topological polar surface area (TPSA) is 18.5 Å². The van der Waals surface area contributed by atoms with Crippen molar-refractivity contribution in [2.45, 2.75) is 0 Å². The number of hydrogen-bond donors (Lipinski definition) is 0. The van der Waals surface area contributed by atoms with E-state index in [-0.39, 0.29) is 26.0 Å². The van der Waals surface area contributed by atoms with Gasteiger partial charge < -0.3 is 8.54 Å². The predicted molar refractivity (Wildman–Crippen MR) is 88.7 cm³/mol. The first kappa shape index (κ1) is 11.7. The summed E-state index contributed by atoms with van der Waals surface area (Å²) in [7, 11) is 5.15. The van der Waals surface area contributed by atoms with E-state index in [0.717, 1.165) is 0 Å². The molecular weight excluding hydrogens is 329 g/mol. The number of hydrogen-bond acceptors (Lipinski definition) is 3. The lowest BCUT2D eigenvalue weighted by Crippen LogP contribution is -2.47. The standard InChI is InChI=1S/CH18O2SSi9/c1-2-5-8-10-12(1)4-13-3-6-7-9-11-13/h12-13H,1,5-11H2. The fraction of sp³-hybridized carbons (Fsp3) is 1.00. The summed E-state index contributed by atoms with van der Waals surface area (Å²) >= 11 is 0. The Labute approximate surface area is 101 Å². The number of rotatable bonds is 2. The van der Waals surface area contributed by atoms with E-state index in [1.165, 1.54) is 6.23 Å². The SMILES string of the molecule is C1O[SiH2][SiH2][SiH2][SiH]1S[SiH]1O[SiH2][SiH2][SiH2][SiH2]1. The molecule has 2 rings (SSSR count). The van der Waals surface area contributed by atoms with Crippen LogP contribution in [0.1, 0.15) is 0 Å². The third-order valence-electron chi connectivity index (χ3n) is 2.60. The summed E-state index contributed by atoms with van der Waals surface area (Å²) in [6, 6.07) is 0. The lowest BCUT2D eigenvalue weighted by Gasteiger charge is -2.26. The Morgan fingerprint density at radius 3 is 2.77 bits per heavy atom. The lowest BCUT2D eigenvalue weighted by molar-refractivity contribution is 0.420. The van der Waals surface area contributed by atoms with Crippen LogP contribution < -0.4 is 0 Å². The van der Waals surface area contributed by atoms with Crippen LogP contribution in [-0.4, -0.2) is 82.7 Å². The van der Waals surface area contributed by atoms with Gasteiger partial charge in [-0.25, -0.2) is 0 Å². The van der Waals surface area contributed by atoms with Crippen molar-refractivity contribution in [2.75, 3.05) is 6.23 Å². The van der Waals surface area contributed by atoms with Crippen LogP contribution in [0.3, 0.4) is 0 Å². The monoisotopic (exact) mass is 346 g/mol. The van der Waals surface area contributed by atoms with Crippen molar-refractivity contribution in [3.05, 3.63) is 0 Å². The van der Waals surface area contributed by atoms with Crippen LogP contribution in [0.15, 0.2) is 0 Å². The molecule has 12 heteroatoms. The van der Waals surface area contributed by atoms with Gasteiger partial charge in [-0.05, 0) is 8.55 Å². The molecule has 0 aromatic rings. The zero-order valence-electron chi connectivity index (χ0n) is 8.04. The molecule has 0 saturated carbocycles. The van der Waals surface area contributed by atoms with Gasteiger partial charge in [-0.3, -0.25) is 0 Å². The minimum Gasteiger partial charge on any atom is -0.462 e. The molecule has 2 fully saturated rings. The van der Waals surface area contributed by atoms with Crippen LogP contribution in [0.2, 0.25) is 0 Å². The molecule has 0 aliphatic carbocycles. The van der Waals surface area contributed by atoms with Crippen molar-refractivity contribution in [2.24, 2.45) is 0 Å². The van der Waals surface area contributed by atoms with Crippen LogP contribution >= 0.6 is 10.7 Å². The molecule has 2 nitrogen and oxygen atoms in total. The van der Waals surface area contributed by atoms with Crippen molar-refractivity contribution in [1.29, 1.82) is 0 Å². The lowest BCUT2D eigenvalue weighted by atomic mass is 11.7. The Morgan fingerprint density at radius 1 is 1.08 bits per heavy atom. The molecular formula is CH18O2SSi9. The van der Waals surface area contributed by atoms with Crippen LogP contribution in [0, 0.1) is 0 Å². The second-order valence-corrected chi connectivity index (χ2v) is 69.7. The molecule has 0 N–H and O–H groups in total. The Kier molecular flexibility index (Phi) is 6.06. The van der Waals surface area contributed by atoms with E-state index in [0.29, 0.717) is 42.8 Å². The van der Waals surface area contributed by atoms with Crippen LogP contribution in [-0.2, 0) is 8.54 Å². The first-order valence-corrected chi connectivity index (χ1v) is 38.0. The van der Waals surface area contributed by atoms with E-state index in [1.807, 2.05) is 0 Å². The van der Waals surface area contributed by atoms with Crippen molar-refractivity contribution in [3.63, 3.8) is 0 Å². The summed E-state index contributed by atoms with van der Waals surface area (Å²) in [6.07, 6.45) is 1.33. The molecule has 2 aliphatic rings. The molecule has 0 aromatic carbocycles. The highest BCUT2D eigenvalue weighted by molar-refractivity contribution is 8.52. The van der Waals surface area contributed by atoms with Gasteiger partial charge in [0.2, 0.25) is 0 Å². The summed E-state index contributed by atoms with van der Waals surface area (Å²) in [6.45, 7) is 0.